The molecule has 2 unspecified atom stereocenters. The Labute approximate surface area is 126 Å². The molecular weight excluding hydrogens is 260 g/mol. The van der Waals surface area contributed by atoms with Crippen LogP contribution in [0.25, 0.3) is 0 Å². The lowest BCUT2D eigenvalue weighted by atomic mass is 9.68. The lowest BCUT2D eigenvalue weighted by Crippen LogP contribution is -2.38. The Balaban J connectivity index is 2.24. The molecule has 0 spiro atoms. The first-order valence-electron chi connectivity index (χ1n) is 7.61. The third kappa shape index (κ3) is 2.04. The Bertz CT molecular complexity index is 649. The molecule has 0 amide bonds. The average molecular weight is 284 g/mol. The maximum Gasteiger partial charge on any atom is 0.115 e. The lowest BCUT2D eigenvalue weighted by molar-refractivity contribution is 0.0867. The first-order chi connectivity index (χ1) is 9.67. The fourth-order valence-electron chi connectivity index (χ4n) is 4.50. The highest BCUT2D eigenvalue weighted by atomic mass is 16.3. The molecule has 0 bridgehead atoms. The van der Waals surface area contributed by atoms with Gasteiger partial charge in [0.05, 0.1) is 5.60 Å². The Hall–Kier alpha value is -1.54. The quantitative estimate of drug-likeness (QED) is 0.815. The number of benzene rings is 1. The minimum Gasteiger partial charge on any atom is -0.508 e. The second-order valence-electron chi connectivity index (χ2n) is 7.61. The van der Waals surface area contributed by atoms with Crippen LogP contribution < -0.4 is 0 Å². The largest absolute Gasteiger partial charge is 0.508 e. The maximum absolute atomic E-state index is 11.0. The highest BCUT2D eigenvalue weighted by Gasteiger charge is 2.53. The van der Waals surface area contributed by atoms with E-state index >= 15 is 0 Å². The summed E-state index contributed by atoms with van der Waals surface area (Å²) in [6, 6.07) is 7.47. The molecule has 1 aromatic rings. The minimum atomic E-state index is -0.821. The van der Waals surface area contributed by atoms with E-state index < -0.39 is 5.60 Å². The van der Waals surface area contributed by atoms with Gasteiger partial charge in [-0.25, -0.2) is 0 Å². The highest BCUT2D eigenvalue weighted by molar-refractivity contribution is 5.55. The van der Waals surface area contributed by atoms with Crippen LogP contribution in [0.5, 0.6) is 5.75 Å². The van der Waals surface area contributed by atoms with Gasteiger partial charge in [0.25, 0.3) is 0 Å². The Morgan fingerprint density at radius 3 is 2.48 bits per heavy atom. The van der Waals surface area contributed by atoms with Crippen LogP contribution in [0, 0.1) is 5.41 Å². The van der Waals surface area contributed by atoms with Gasteiger partial charge in [0.15, 0.2) is 0 Å². The van der Waals surface area contributed by atoms with Crippen LogP contribution in [0.2, 0.25) is 0 Å². The topological polar surface area (TPSA) is 40.5 Å². The molecule has 0 saturated carbocycles. The minimum absolute atomic E-state index is 0.0243. The van der Waals surface area contributed by atoms with Gasteiger partial charge in [0.1, 0.15) is 5.75 Å². The van der Waals surface area contributed by atoms with Gasteiger partial charge in [-0.15, -0.1) is 0 Å². The van der Waals surface area contributed by atoms with Crippen molar-refractivity contribution in [2.45, 2.75) is 51.6 Å². The molecular formula is C19H24O2. The van der Waals surface area contributed by atoms with Gasteiger partial charge in [0, 0.05) is 5.41 Å². The fourth-order valence-corrected chi connectivity index (χ4v) is 4.50. The molecule has 0 saturated heterocycles. The van der Waals surface area contributed by atoms with Crippen molar-refractivity contribution >= 4 is 0 Å². The van der Waals surface area contributed by atoms with Crippen LogP contribution in [-0.2, 0) is 5.41 Å². The molecule has 0 radical (unpaired) electrons. The van der Waals surface area contributed by atoms with Crippen LogP contribution in [0.4, 0.5) is 0 Å². The molecule has 2 nitrogen and oxygen atoms in total. The molecule has 1 aromatic carbocycles. The number of hydrogen-bond donors (Lipinski definition) is 2. The van der Waals surface area contributed by atoms with Gasteiger partial charge in [-0.1, -0.05) is 45.1 Å². The van der Waals surface area contributed by atoms with E-state index in [1.165, 1.54) is 5.57 Å². The SMILES string of the molecule is CC1(C)CC(C)(c2cccc(O)c2)C2=C1C=CCC2(C)O. The van der Waals surface area contributed by atoms with E-state index in [2.05, 4.69) is 39.0 Å². The molecule has 3 rings (SSSR count). The molecule has 2 atom stereocenters. The van der Waals surface area contributed by atoms with Crippen molar-refractivity contribution in [1.82, 2.24) is 0 Å². The Kier molecular flexibility index (Phi) is 2.90. The summed E-state index contributed by atoms with van der Waals surface area (Å²) in [5, 5.41) is 20.8. The average Bonchev–Trinajstić information content (AvgIpc) is 2.58. The predicted octanol–water partition coefficient (Wildman–Crippen LogP) is 4.09. The predicted molar refractivity (Wildman–Crippen MR) is 85.3 cm³/mol. The van der Waals surface area contributed by atoms with Gasteiger partial charge in [-0.05, 0) is 54.0 Å². The van der Waals surface area contributed by atoms with Crippen molar-refractivity contribution in [2.75, 3.05) is 0 Å². The number of aliphatic hydroxyl groups is 1. The first-order valence-corrected chi connectivity index (χ1v) is 7.61. The van der Waals surface area contributed by atoms with Crippen molar-refractivity contribution in [1.29, 1.82) is 0 Å². The Morgan fingerprint density at radius 1 is 1.10 bits per heavy atom. The fraction of sp³-hybridized carbons (Fsp3) is 0.474. The molecule has 2 aliphatic carbocycles. The number of allylic oxidation sites excluding steroid dienone is 2. The summed E-state index contributed by atoms with van der Waals surface area (Å²) in [4.78, 5) is 0. The van der Waals surface area contributed by atoms with Crippen LogP contribution >= 0.6 is 0 Å². The second-order valence-corrected chi connectivity index (χ2v) is 7.61. The molecule has 112 valence electrons. The summed E-state index contributed by atoms with van der Waals surface area (Å²) in [5.41, 5.74) is 2.41. The summed E-state index contributed by atoms with van der Waals surface area (Å²) in [7, 11) is 0. The van der Waals surface area contributed by atoms with E-state index in [1.54, 1.807) is 6.07 Å². The van der Waals surface area contributed by atoms with Crippen LogP contribution in [0.15, 0.2) is 47.6 Å². The summed E-state index contributed by atoms with van der Waals surface area (Å²) >= 11 is 0. The van der Waals surface area contributed by atoms with Crippen LogP contribution in [0.1, 0.15) is 46.1 Å². The van der Waals surface area contributed by atoms with Crippen LogP contribution in [0.3, 0.4) is 0 Å². The normalized spacial score (nSPS) is 34.1. The zero-order valence-corrected chi connectivity index (χ0v) is 13.3. The summed E-state index contributed by atoms with van der Waals surface area (Å²) in [5.74, 6) is 0.284. The van der Waals surface area contributed by atoms with Gasteiger partial charge < -0.3 is 10.2 Å². The molecule has 2 N–H and O–H groups in total. The number of phenols is 1. The molecule has 2 heteroatoms. The lowest BCUT2D eigenvalue weighted by Gasteiger charge is -2.38. The molecule has 0 aromatic heterocycles. The second kappa shape index (κ2) is 4.23. The number of rotatable bonds is 1. The van der Waals surface area contributed by atoms with Crippen molar-refractivity contribution in [3.05, 3.63) is 53.1 Å². The van der Waals surface area contributed by atoms with Crippen molar-refractivity contribution in [2.24, 2.45) is 5.41 Å². The van der Waals surface area contributed by atoms with E-state index in [4.69, 9.17) is 0 Å². The van der Waals surface area contributed by atoms with Gasteiger partial charge in [0.2, 0.25) is 0 Å². The Morgan fingerprint density at radius 2 is 1.81 bits per heavy atom. The van der Waals surface area contributed by atoms with E-state index in [1.807, 2.05) is 19.1 Å². The zero-order chi connectivity index (χ0) is 15.5. The number of hydrogen-bond acceptors (Lipinski definition) is 2. The highest BCUT2D eigenvalue weighted by Crippen LogP contribution is 2.59. The zero-order valence-electron chi connectivity index (χ0n) is 13.3. The van der Waals surface area contributed by atoms with Crippen molar-refractivity contribution in [3.63, 3.8) is 0 Å². The molecule has 0 fully saturated rings. The molecule has 21 heavy (non-hydrogen) atoms. The number of aromatic hydroxyl groups is 1. The van der Waals surface area contributed by atoms with Crippen LogP contribution in [-0.4, -0.2) is 15.8 Å². The van der Waals surface area contributed by atoms with E-state index in [9.17, 15) is 10.2 Å². The molecule has 2 aliphatic rings. The first kappa shape index (κ1) is 14.4. The van der Waals surface area contributed by atoms with E-state index in [0.29, 0.717) is 6.42 Å². The van der Waals surface area contributed by atoms with E-state index in [0.717, 1.165) is 17.6 Å². The third-order valence-electron chi connectivity index (χ3n) is 5.17. The van der Waals surface area contributed by atoms with Crippen molar-refractivity contribution < 1.29 is 10.2 Å². The van der Waals surface area contributed by atoms with Crippen molar-refractivity contribution in [3.8, 4) is 5.75 Å². The van der Waals surface area contributed by atoms with Gasteiger partial charge in [-0.3, -0.25) is 0 Å². The maximum atomic E-state index is 11.0. The van der Waals surface area contributed by atoms with Gasteiger partial charge in [-0.2, -0.15) is 0 Å². The summed E-state index contributed by atoms with van der Waals surface area (Å²) in [6.45, 7) is 8.58. The smallest absolute Gasteiger partial charge is 0.115 e. The van der Waals surface area contributed by atoms with Gasteiger partial charge >= 0.3 is 0 Å². The summed E-state index contributed by atoms with van der Waals surface area (Å²) in [6.07, 6.45) is 5.85. The molecule has 0 aliphatic heterocycles. The monoisotopic (exact) mass is 284 g/mol. The van der Waals surface area contributed by atoms with E-state index in [-0.39, 0.29) is 16.6 Å². The molecule has 0 heterocycles. The summed E-state index contributed by atoms with van der Waals surface area (Å²) < 4.78 is 0. The third-order valence-corrected chi connectivity index (χ3v) is 5.17. The number of phenolic OH excluding ortho intramolecular Hbond substituents is 1. The standard InChI is InChI=1S/C19H24O2/c1-17(2)12-18(3,13-7-5-8-14(20)11-13)16-15(17)9-6-10-19(16,4)21/h5-9,11,20-21H,10,12H2,1-4H3.